The summed E-state index contributed by atoms with van der Waals surface area (Å²) in [6.07, 6.45) is 0. The van der Waals surface area contributed by atoms with Gasteiger partial charge >= 0.3 is 0 Å². The fourth-order valence-corrected chi connectivity index (χ4v) is 4.40. The van der Waals surface area contributed by atoms with E-state index in [0.717, 1.165) is 0 Å². The zero-order chi connectivity index (χ0) is 25.9. The first kappa shape index (κ1) is 23.8. The molecule has 0 aliphatic carbocycles. The number of ether oxygens (including phenoxy) is 2. The summed E-state index contributed by atoms with van der Waals surface area (Å²) in [5, 5.41) is 11.4. The first-order valence-electron chi connectivity index (χ1n) is 11.5. The molecule has 1 aliphatic rings. The number of para-hydroxylation sites is 2. The summed E-state index contributed by atoms with van der Waals surface area (Å²) in [5.74, 6) is -1.35. The van der Waals surface area contributed by atoms with Gasteiger partial charge in [0.25, 0.3) is 11.7 Å². The van der Waals surface area contributed by atoms with Crippen LogP contribution in [-0.2, 0) is 9.59 Å². The number of hydrogen-bond acceptors (Lipinski definition) is 5. The number of nitrogens with zero attached hydrogens (tertiary/aromatic N) is 1. The molecule has 5 rings (SSSR count). The van der Waals surface area contributed by atoms with E-state index in [-0.39, 0.29) is 16.8 Å². The van der Waals surface area contributed by atoms with E-state index in [1.54, 1.807) is 60.7 Å². The average molecular weight is 496 g/mol. The van der Waals surface area contributed by atoms with E-state index < -0.39 is 29.3 Å². The van der Waals surface area contributed by atoms with Crippen LogP contribution in [0.4, 0.5) is 10.1 Å². The molecule has 1 heterocycles. The van der Waals surface area contributed by atoms with Crippen molar-refractivity contribution >= 4 is 23.1 Å². The SMILES string of the molecule is COc1ccccc1/C(O)=C1\C(=O)C(=O)N(c2cccc(F)c2)C1c1cccc(Oc2ccccc2)c1. The minimum Gasteiger partial charge on any atom is -0.507 e. The number of anilines is 1. The molecule has 1 unspecified atom stereocenters. The fourth-order valence-electron chi connectivity index (χ4n) is 4.40. The molecule has 0 aromatic heterocycles. The largest absolute Gasteiger partial charge is 0.507 e. The van der Waals surface area contributed by atoms with E-state index in [9.17, 15) is 19.1 Å². The topological polar surface area (TPSA) is 76.1 Å². The molecule has 1 fully saturated rings. The van der Waals surface area contributed by atoms with Crippen LogP contribution in [0.2, 0.25) is 0 Å². The average Bonchev–Trinajstić information content (AvgIpc) is 3.19. The van der Waals surface area contributed by atoms with Crippen LogP contribution < -0.4 is 14.4 Å². The number of Topliss-reactive ketones (excluding diaryl/α,β-unsaturated/α-hetero) is 1. The van der Waals surface area contributed by atoms with Crippen LogP contribution in [0.1, 0.15) is 17.2 Å². The van der Waals surface area contributed by atoms with Crippen molar-refractivity contribution in [2.45, 2.75) is 6.04 Å². The van der Waals surface area contributed by atoms with Crippen LogP contribution in [0, 0.1) is 5.82 Å². The lowest BCUT2D eigenvalue weighted by molar-refractivity contribution is -0.132. The minimum atomic E-state index is -1.05. The third kappa shape index (κ3) is 4.54. The van der Waals surface area contributed by atoms with Crippen molar-refractivity contribution in [1.29, 1.82) is 0 Å². The number of benzene rings is 4. The summed E-state index contributed by atoms with van der Waals surface area (Å²) >= 11 is 0. The number of halogens is 1. The summed E-state index contributed by atoms with van der Waals surface area (Å²) in [5.41, 5.74) is 0.786. The second-order valence-corrected chi connectivity index (χ2v) is 8.34. The van der Waals surface area contributed by atoms with Gasteiger partial charge < -0.3 is 14.6 Å². The number of carbonyl (C=O) groups excluding carboxylic acids is 2. The van der Waals surface area contributed by atoms with Gasteiger partial charge in [0, 0.05) is 5.69 Å². The van der Waals surface area contributed by atoms with Crippen molar-refractivity contribution in [2.24, 2.45) is 0 Å². The third-order valence-corrected chi connectivity index (χ3v) is 6.05. The molecule has 1 saturated heterocycles. The smallest absolute Gasteiger partial charge is 0.300 e. The van der Waals surface area contributed by atoms with E-state index >= 15 is 0 Å². The van der Waals surface area contributed by atoms with Crippen LogP contribution >= 0.6 is 0 Å². The van der Waals surface area contributed by atoms with Gasteiger partial charge in [-0.2, -0.15) is 0 Å². The van der Waals surface area contributed by atoms with Gasteiger partial charge in [0.2, 0.25) is 0 Å². The Morgan fingerprint density at radius 2 is 1.54 bits per heavy atom. The van der Waals surface area contributed by atoms with Crippen molar-refractivity contribution in [3.05, 3.63) is 126 Å². The lowest BCUT2D eigenvalue weighted by Crippen LogP contribution is -2.29. The van der Waals surface area contributed by atoms with E-state index in [1.165, 1.54) is 36.3 Å². The van der Waals surface area contributed by atoms with Gasteiger partial charge in [-0.05, 0) is 60.2 Å². The number of aliphatic hydroxyl groups is 1. The van der Waals surface area contributed by atoms with E-state index in [1.807, 2.05) is 18.2 Å². The molecule has 4 aromatic rings. The molecule has 0 saturated carbocycles. The molecule has 1 atom stereocenters. The van der Waals surface area contributed by atoms with Crippen molar-refractivity contribution in [3.8, 4) is 17.2 Å². The fraction of sp³-hybridized carbons (Fsp3) is 0.0667. The molecular formula is C30H22FNO5. The molecule has 0 bridgehead atoms. The molecule has 7 heteroatoms. The molecule has 0 radical (unpaired) electrons. The van der Waals surface area contributed by atoms with Gasteiger partial charge in [-0.3, -0.25) is 14.5 Å². The van der Waals surface area contributed by atoms with Crippen molar-refractivity contribution in [3.63, 3.8) is 0 Å². The number of methoxy groups -OCH3 is 1. The first-order valence-corrected chi connectivity index (χ1v) is 11.5. The Labute approximate surface area is 212 Å². The minimum absolute atomic E-state index is 0.143. The summed E-state index contributed by atoms with van der Waals surface area (Å²) in [4.78, 5) is 27.9. The lowest BCUT2D eigenvalue weighted by Gasteiger charge is -2.26. The molecule has 37 heavy (non-hydrogen) atoms. The van der Waals surface area contributed by atoms with Crippen molar-refractivity contribution in [2.75, 3.05) is 12.0 Å². The van der Waals surface area contributed by atoms with Gasteiger partial charge in [0.15, 0.2) is 0 Å². The van der Waals surface area contributed by atoms with Crippen LogP contribution in [0.25, 0.3) is 5.76 Å². The Kier molecular flexibility index (Phi) is 6.43. The van der Waals surface area contributed by atoms with Gasteiger partial charge in [-0.25, -0.2) is 4.39 Å². The number of amides is 1. The predicted octanol–water partition coefficient (Wildman–Crippen LogP) is 6.25. The molecule has 1 aliphatic heterocycles. The summed E-state index contributed by atoms with van der Waals surface area (Å²) in [6.45, 7) is 0. The van der Waals surface area contributed by atoms with Crippen molar-refractivity contribution < 1.29 is 28.6 Å². The Hall–Kier alpha value is -4.91. The summed E-state index contributed by atoms with van der Waals surface area (Å²) in [7, 11) is 1.44. The number of ketones is 1. The molecule has 1 N–H and O–H groups in total. The summed E-state index contributed by atoms with van der Waals surface area (Å²) in [6, 6.07) is 27.0. The maximum absolute atomic E-state index is 14.2. The van der Waals surface area contributed by atoms with Gasteiger partial charge in [-0.1, -0.05) is 48.5 Å². The normalized spacial score (nSPS) is 16.6. The molecule has 0 spiro atoms. The molecule has 1 amide bonds. The Morgan fingerprint density at radius 1 is 0.838 bits per heavy atom. The predicted molar refractivity (Wildman–Crippen MR) is 137 cm³/mol. The van der Waals surface area contributed by atoms with Crippen LogP contribution in [0.5, 0.6) is 17.2 Å². The lowest BCUT2D eigenvalue weighted by atomic mass is 9.94. The van der Waals surface area contributed by atoms with E-state index in [2.05, 4.69) is 0 Å². The molecule has 184 valence electrons. The second-order valence-electron chi connectivity index (χ2n) is 8.34. The summed E-state index contributed by atoms with van der Waals surface area (Å²) < 4.78 is 25.5. The van der Waals surface area contributed by atoms with E-state index in [4.69, 9.17) is 9.47 Å². The van der Waals surface area contributed by atoms with Crippen molar-refractivity contribution in [1.82, 2.24) is 0 Å². The number of rotatable bonds is 6. The van der Waals surface area contributed by atoms with Crippen LogP contribution in [-0.4, -0.2) is 23.9 Å². The number of hydrogen-bond donors (Lipinski definition) is 1. The standard InChI is InChI=1S/C30H22FNO5/c1-36-25-16-6-5-15-24(25)28(33)26-27(32(30(35)29(26)34)21-11-8-10-20(31)18-21)19-9-7-14-23(17-19)37-22-12-3-2-4-13-22/h2-18,27,33H,1H3/b28-26+. The first-order chi connectivity index (χ1) is 18.0. The Bertz CT molecular complexity index is 1520. The molecule has 6 nitrogen and oxygen atoms in total. The maximum atomic E-state index is 14.2. The Morgan fingerprint density at radius 3 is 2.30 bits per heavy atom. The van der Waals surface area contributed by atoms with Crippen LogP contribution in [0.3, 0.4) is 0 Å². The highest BCUT2D eigenvalue weighted by molar-refractivity contribution is 6.51. The van der Waals surface area contributed by atoms with Crippen LogP contribution in [0.15, 0.2) is 109 Å². The highest BCUT2D eigenvalue weighted by Crippen LogP contribution is 2.44. The zero-order valence-electron chi connectivity index (χ0n) is 19.8. The second kappa shape index (κ2) is 9.99. The van der Waals surface area contributed by atoms with Gasteiger partial charge in [0.05, 0.1) is 24.3 Å². The number of carbonyl (C=O) groups is 2. The van der Waals surface area contributed by atoms with Gasteiger partial charge in [0.1, 0.15) is 28.8 Å². The third-order valence-electron chi connectivity index (χ3n) is 6.05. The molecular weight excluding hydrogens is 473 g/mol. The highest BCUT2D eigenvalue weighted by atomic mass is 19.1. The highest BCUT2D eigenvalue weighted by Gasteiger charge is 2.47. The quantitative estimate of drug-likeness (QED) is 0.194. The zero-order valence-corrected chi connectivity index (χ0v) is 19.8. The molecule has 4 aromatic carbocycles. The number of aliphatic hydroxyl groups excluding tert-OH is 1. The monoisotopic (exact) mass is 495 g/mol. The Balaban J connectivity index is 1.69. The maximum Gasteiger partial charge on any atom is 0.300 e. The van der Waals surface area contributed by atoms with E-state index in [0.29, 0.717) is 22.8 Å². The van der Waals surface area contributed by atoms with Gasteiger partial charge in [-0.15, -0.1) is 0 Å².